The second-order valence-electron chi connectivity index (χ2n) is 7.99. The van der Waals surface area contributed by atoms with Gasteiger partial charge in [0.05, 0.1) is 16.1 Å². The number of carbonyl (C=O) groups is 2. The van der Waals surface area contributed by atoms with Crippen molar-refractivity contribution in [1.29, 1.82) is 0 Å². The summed E-state index contributed by atoms with van der Waals surface area (Å²) >= 11 is 5.43. The summed E-state index contributed by atoms with van der Waals surface area (Å²) in [6, 6.07) is 1.15. The Labute approximate surface area is 217 Å². The quantitative estimate of drug-likeness (QED) is 0.340. The highest BCUT2D eigenvalue weighted by Gasteiger charge is 2.41. The Hall–Kier alpha value is -3.36. The third-order valence-corrected chi connectivity index (χ3v) is 5.32. The summed E-state index contributed by atoms with van der Waals surface area (Å²) in [6.45, 7) is -0.897. The fourth-order valence-electron chi connectivity index (χ4n) is 3.13. The summed E-state index contributed by atoms with van der Waals surface area (Å²) in [6.07, 6.45) is -15.4. The van der Waals surface area contributed by atoms with Gasteiger partial charge >= 0.3 is 18.5 Å². The Morgan fingerprint density at radius 2 is 1.59 bits per heavy atom. The van der Waals surface area contributed by atoms with Gasteiger partial charge in [-0.05, 0) is 42.8 Å². The van der Waals surface area contributed by atoms with Gasteiger partial charge in [-0.15, -0.1) is 0 Å². The molecule has 2 atom stereocenters. The van der Waals surface area contributed by atoms with Crippen molar-refractivity contribution in [3.63, 3.8) is 0 Å². The van der Waals surface area contributed by atoms with Crippen LogP contribution in [0, 0.1) is 5.82 Å². The highest BCUT2D eigenvalue weighted by molar-refractivity contribution is 6.30. The summed E-state index contributed by atoms with van der Waals surface area (Å²) in [5.41, 5.74) is -4.84. The van der Waals surface area contributed by atoms with E-state index in [0.717, 1.165) is 19.1 Å². The maximum Gasteiger partial charge on any atom is 0.417 e. The fraction of sp³-hybridized carbons (Fsp3) is 0.304. The van der Waals surface area contributed by atoms with Gasteiger partial charge in [0.1, 0.15) is 30.1 Å². The lowest BCUT2D eigenvalue weighted by Crippen LogP contribution is -2.47. The number of nitrogens with one attached hydrogen (secondary N) is 2. The fourth-order valence-corrected chi connectivity index (χ4v) is 3.25. The van der Waals surface area contributed by atoms with Crippen LogP contribution in [0.5, 0.6) is 0 Å². The normalized spacial score (nSPS) is 14.5. The topological polar surface area (TPSA) is 58.2 Å². The predicted molar refractivity (Wildman–Crippen MR) is 117 cm³/mol. The van der Waals surface area contributed by atoms with Gasteiger partial charge in [-0.25, -0.2) is 8.78 Å². The zero-order valence-electron chi connectivity index (χ0n) is 19.3. The van der Waals surface area contributed by atoms with E-state index in [-0.39, 0.29) is 12.1 Å². The van der Waals surface area contributed by atoms with Gasteiger partial charge in [0.15, 0.2) is 0 Å². The highest BCUT2D eigenvalue weighted by atomic mass is 35.5. The number of hydrogen-bond donors (Lipinski definition) is 2. The van der Waals surface area contributed by atoms with Crippen LogP contribution in [0.2, 0.25) is 5.02 Å². The van der Waals surface area contributed by atoms with Crippen molar-refractivity contribution in [3.05, 3.63) is 75.6 Å². The second kappa shape index (κ2) is 11.8. The van der Waals surface area contributed by atoms with Crippen molar-refractivity contribution in [1.82, 2.24) is 10.6 Å². The number of rotatable bonds is 7. The van der Waals surface area contributed by atoms with Crippen LogP contribution >= 0.6 is 11.6 Å². The van der Waals surface area contributed by atoms with E-state index in [1.807, 2.05) is 0 Å². The Balaban J connectivity index is 2.42. The van der Waals surface area contributed by atoms with Crippen molar-refractivity contribution in [2.75, 3.05) is 6.54 Å². The first kappa shape index (κ1) is 31.9. The Kier molecular flexibility index (Phi) is 9.64. The van der Waals surface area contributed by atoms with Crippen molar-refractivity contribution >= 4 is 29.2 Å². The zero-order valence-corrected chi connectivity index (χ0v) is 20.0. The van der Waals surface area contributed by atoms with Crippen LogP contribution < -0.4 is 10.6 Å². The molecule has 0 aliphatic heterocycles. The molecule has 0 fully saturated rings. The molecule has 2 aromatic rings. The minimum absolute atomic E-state index is 0.0328. The molecule has 0 radical (unpaired) electrons. The first-order chi connectivity index (χ1) is 17.7. The van der Waals surface area contributed by atoms with Crippen molar-refractivity contribution in [3.8, 4) is 0 Å². The number of carbonyl (C=O) groups excluding carboxylic acids is 2. The summed E-state index contributed by atoms with van der Waals surface area (Å²) < 4.78 is 147. The van der Waals surface area contributed by atoms with E-state index in [1.165, 1.54) is 5.32 Å². The van der Waals surface area contributed by atoms with Gasteiger partial charge in [0, 0.05) is 5.56 Å². The summed E-state index contributed by atoms with van der Waals surface area (Å²) in [4.78, 5) is 24.0. The zero-order chi connectivity index (χ0) is 29.9. The van der Waals surface area contributed by atoms with Crippen molar-refractivity contribution in [2.45, 2.75) is 37.4 Å². The van der Waals surface area contributed by atoms with Crippen molar-refractivity contribution in [2.24, 2.45) is 0 Å². The van der Waals surface area contributed by atoms with Gasteiger partial charge in [-0.3, -0.25) is 9.59 Å². The standard InChI is InChI=1S/C23H16ClF11N2O2/c1-10(19(38)36-9-21(27,28)29)37-20(39)13-4-2-12(6-15(13)23(33,34)35)17(25)8-14(22(30,31)32)11-3-5-16(24)18(26)7-11/h2-8,10,14H,9H2,1H3,(H,36,38)(H,37,39)/b17-8-. The van der Waals surface area contributed by atoms with Gasteiger partial charge in [0.25, 0.3) is 5.91 Å². The number of amides is 2. The first-order valence-corrected chi connectivity index (χ1v) is 10.8. The molecule has 0 aliphatic carbocycles. The second-order valence-corrected chi connectivity index (χ2v) is 8.40. The highest BCUT2D eigenvalue weighted by Crippen LogP contribution is 2.40. The van der Waals surface area contributed by atoms with E-state index in [4.69, 9.17) is 11.6 Å². The average Bonchev–Trinajstić information content (AvgIpc) is 2.80. The molecule has 0 aliphatic rings. The molecular weight excluding hydrogens is 581 g/mol. The summed E-state index contributed by atoms with van der Waals surface area (Å²) in [7, 11) is 0. The molecule has 2 rings (SSSR count). The minimum Gasteiger partial charge on any atom is -0.345 e. The molecule has 0 heterocycles. The van der Waals surface area contributed by atoms with E-state index in [0.29, 0.717) is 18.2 Å². The van der Waals surface area contributed by atoms with E-state index in [1.54, 1.807) is 5.32 Å². The Morgan fingerprint density at radius 1 is 0.974 bits per heavy atom. The molecule has 0 saturated carbocycles. The van der Waals surface area contributed by atoms with E-state index in [2.05, 4.69) is 0 Å². The summed E-state index contributed by atoms with van der Waals surface area (Å²) in [5.74, 6) is -8.81. The lowest BCUT2D eigenvalue weighted by atomic mass is 9.95. The molecule has 0 spiro atoms. The van der Waals surface area contributed by atoms with Crippen LogP contribution in [0.1, 0.15) is 39.9 Å². The number of halogens is 12. The molecule has 4 nitrogen and oxygen atoms in total. The molecular formula is C23H16ClF11N2O2. The van der Waals surface area contributed by atoms with Crippen LogP contribution in [0.15, 0.2) is 42.5 Å². The molecule has 2 aromatic carbocycles. The molecule has 2 N–H and O–H groups in total. The molecule has 214 valence electrons. The van der Waals surface area contributed by atoms with Crippen LogP contribution in [0.4, 0.5) is 48.3 Å². The number of hydrogen-bond acceptors (Lipinski definition) is 2. The Morgan fingerprint density at radius 3 is 2.10 bits per heavy atom. The van der Waals surface area contributed by atoms with Gasteiger partial charge in [-0.2, -0.15) is 39.5 Å². The van der Waals surface area contributed by atoms with Crippen LogP contribution in [0.3, 0.4) is 0 Å². The van der Waals surface area contributed by atoms with Gasteiger partial charge < -0.3 is 10.6 Å². The minimum atomic E-state index is -5.35. The number of alkyl halides is 9. The number of allylic oxidation sites excluding steroid dienone is 1. The van der Waals surface area contributed by atoms with Crippen LogP contribution in [-0.4, -0.2) is 36.8 Å². The van der Waals surface area contributed by atoms with Crippen molar-refractivity contribution < 1.29 is 57.9 Å². The average molecular weight is 597 g/mol. The monoisotopic (exact) mass is 596 g/mol. The van der Waals surface area contributed by atoms with E-state index >= 15 is 0 Å². The predicted octanol–water partition coefficient (Wildman–Crippen LogP) is 6.95. The summed E-state index contributed by atoms with van der Waals surface area (Å²) in [5, 5.41) is 2.65. The third-order valence-electron chi connectivity index (χ3n) is 5.02. The molecule has 0 saturated heterocycles. The molecule has 2 unspecified atom stereocenters. The largest absolute Gasteiger partial charge is 0.417 e. The van der Waals surface area contributed by atoms with Crippen LogP contribution in [0.25, 0.3) is 5.83 Å². The Bertz CT molecular complexity index is 1250. The lowest BCUT2D eigenvalue weighted by molar-refractivity contribution is -0.140. The molecule has 16 heteroatoms. The number of benzene rings is 2. The van der Waals surface area contributed by atoms with E-state index in [9.17, 15) is 57.9 Å². The van der Waals surface area contributed by atoms with Gasteiger partial charge in [-0.1, -0.05) is 23.7 Å². The van der Waals surface area contributed by atoms with Gasteiger partial charge in [0.2, 0.25) is 5.91 Å². The molecule has 0 bridgehead atoms. The van der Waals surface area contributed by atoms with E-state index < -0.39 is 87.8 Å². The molecule has 2 amide bonds. The first-order valence-electron chi connectivity index (χ1n) is 10.5. The lowest BCUT2D eigenvalue weighted by Gasteiger charge is -2.19. The SMILES string of the molecule is CC(NC(=O)c1ccc(/C(F)=C/C(c2ccc(Cl)c(F)c2)C(F)(F)F)cc1C(F)(F)F)C(=O)NCC(F)(F)F. The molecule has 39 heavy (non-hydrogen) atoms. The third kappa shape index (κ3) is 8.83. The van der Waals surface area contributed by atoms with Crippen LogP contribution in [-0.2, 0) is 11.0 Å². The smallest absolute Gasteiger partial charge is 0.345 e. The maximum atomic E-state index is 14.8. The maximum absolute atomic E-state index is 14.8. The molecule has 0 aromatic heterocycles.